The summed E-state index contributed by atoms with van der Waals surface area (Å²) < 4.78 is 47.4. The van der Waals surface area contributed by atoms with Gasteiger partial charge in [0.05, 0.1) is 12.7 Å². The fraction of sp³-hybridized carbons (Fsp3) is 0.440. The number of amides is 1. The second-order valence-electron chi connectivity index (χ2n) is 9.13. The van der Waals surface area contributed by atoms with E-state index in [-0.39, 0.29) is 24.4 Å². The number of H-pyrrole nitrogens is 1. The molecule has 33 heavy (non-hydrogen) atoms. The summed E-state index contributed by atoms with van der Waals surface area (Å²) in [6.07, 6.45) is 5.38. The second-order valence-corrected chi connectivity index (χ2v) is 9.13. The lowest BCUT2D eigenvalue weighted by atomic mass is 9.82. The quantitative estimate of drug-likeness (QED) is 0.540. The predicted octanol–water partition coefficient (Wildman–Crippen LogP) is 5.79. The minimum absolute atomic E-state index is 0.0975. The highest BCUT2D eigenvalue weighted by Crippen LogP contribution is 2.33. The minimum atomic E-state index is -0.976. The fourth-order valence-corrected chi connectivity index (χ4v) is 5.06. The first kappa shape index (κ1) is 21.8. The summed E-state index contributed by atoms with van der Waals surface area (Å²) in [4.78, 5) is 20.8. The van der Waals surface area contributed by atoms with E-state index in [4.69, 9.17) is 4.74 Å². The Morgan fingerprint density at radius 1 is 1.21 bits per heavy atom. The number of hydrogen-bond acceptors (Lipinski definition) is 3. The maximum Gasteiger partial charge on any atom is 0.410 e. The molecule has 1 aromatic carbocycles. The lowest BCUT2D eigenvalue weighted by molar-refractivity contribution is 0.0372. The monoisotopic (exact) mass is 457 g/mol. The van der Waals surface area contributed by atoms with E-state index in [1.54, 1.807) is 12.3 Å². The van der Waals surface area contributed by atoms with Crippen LogP contribution in [0.25, 0.3) is 22.2 Å². The van der Waals surface area contributed by atoms with Crippen molar-refractivity contribution in [3.8, 4) is 11.1 Å². The molecular weight excluding hydrogens is 431 g/mol. The molecule has 174 valence electrons. The Morgan fingerprint density at radius 2 is 2.09 bits per heavy atom. The van der Waals surface area contributed by atoms with E-state index < -0.39 is 18.1 Å². The molecule has 0 radical (unpaired) electrons. The Morgan fingerprint density at radius 3 is 2.91 bits per heavy atom. The molecule has 3 aromatic rings. The number of fused-ring (bicyclic) bond motifs is 1. The largest absolute Gasteiger partial charge is 0.446 e. The Bertz CT molecular complexity index is 1170. The van der Waals surface area contributed by atoms with Gasteiger partial charge in [-0.15, -0.1) is 0 Å². The van der Waals surface area contributed by atoms with E-state index in [1.807, 2.05) is 6.07 Å². The van der Waals surface area contributed by atoms with Crippen LogP contribution in [0.3, 0.4) is 0 Å². The van der Waals surface area contributed by atoms with Crippen LogP contribution >= 0.6 is 0 Å². The first-order chi connectivity index (χ1) is 16.0. The van der Waals surface area contributed by atoms with E-state index in [1.165, 1.54) is 17.0 Å². The number of pyridine rings is 1. The van der Waals surface area contributed by atoms with Gasteiger partial charge in [0, 0.05) is 23.7 Å². The van der Waals surface area contributed by atoms with E-state index in [9.17, 15) is 18.0 Å². The van der Waals surface area contributed by atoms with Crippen LogP contribution in [-0.4, -0.2) is 46.3 Å². The van der Waals surface area contributed by atoms with Crippen molar-refractivity contribution in [2.75, 3.05) is 13.1 Å². The molecule has 1 N–H and O–H groups in total. The normalized spacial score (nSPS) is 23.2. The highest BCUT2D eigenvalue weighted by Gasteiger charge is 2.31. The van der Waals surface area contributed by atoms with Crippen molar-refractivity contribution in [1.82, 2.24) is 14.9 Å². The number of aromatic nitrogens is 2. The average molecular weight is 457 g/mol. The third-order valence-corrected chi connectivity index (χ3v) is 6.75. The molecule has 5 nitrogen and oxygen atoms in total. The van der Waals surface area contributed by atoms with Crippen molar-refractivity contribution in [2.24, 2.45) is 5.92 Å². The van der Waals surface area contributed by atoms with E-state index in [0.29, 0.717) is 42.4 Å². The van der Waals surface area contributed by atoms with Crippen molar-refractivity contribution in [1.29, 1.82) is 0 Å². The topological polar surface area (TPSA) is 58.2 Å². The molecule has 8 heteroatoms. The minimum Gasteiger partial charge on any atom is -0.446 e. The lowest BCUT2D eigenvalue weighted by Gasteiger charge is -2.30. The Hall–Kier alpha value is -3.03. The van der Waals surface area contributed by atoms with E-state index in [2.05, 4.69) is 9.97 Å². The van der Waals surface area contributed by atoms with Gasteiger partial charge in [-0.25, -0.2) is 22.9 Å². The number of halogens is 3. The van der Waals surface area contributed by atoms with Crippen LogP contribution < -0.4 is 0 Å². The second kappa shape index (κ2) is 9.08. The van der Waals surface area contributed by atoms with Gasteiger partial charge in [-0.1, -0.05) is 6.07 Å². The number of nitrogens with zero attached hydrogens (tertiary/aromatic N) is 2. The molecular formula is C25H26F3N3O2. The van der Waals surface area contributed by atoms with Crippen molar-refractivity contribution >= 4 is 17.1 Å². The molecule has 3 heterocycles. The molecule has 1 saturated heterocycles. The summed E-state index contributed by atoms with van der Waals surface area (Å²) in [5, 5.41) is 0.648. The molecule has 1 amide bonds. The number of nitrogens with one attached hydrogen (secondary N) is 1. The Labute approximate surface area is 189 Å². The van der Waals surface area contributed by atoms with Crippen molar-refractivity contribution < 1.29 is 22.7 Å². The molecule has 2 aromatic heterocycles. The summed E-state index contributed by atoms with van der Waals surface area (Å²) in [6, 6.07) is 6.36. The number of alkyl halides is 1. The molecule has 5 rings (SSSR count). The van der Waals surface area contributed by atoms with Crippen LogP contribution in [0.1, 0.15) is 37.7 Å². The molecule has 0 spiro atoms. The Balaban J connectivity index is 1.29. The summed E-state index contributed by atoms with van der Waals surface area (Å²) in [7, 11) is 0. The van der Waals surface area contributed by atoms with E-state index in [0.717, 1.165) is 36.6 Å². The van der Waals surface area contributed by atoms with Crippen LogP contribution in [-0.2, 0) is 11.2 Å². The highest BCUT2D eigenvalue weighted by molar-refractivity contribution is 5.93. The van der Waals surface area contributed by atoms with Gasteiger partial charge in [-0.2, -0.15) is 0 Å². The molecule has 2 fully saturated rings. The molecule has 1 saturated carbocycles. The van der Waals surface area contributed by atoms with Crippen molar-refractivity contribution in [3.05, 3.63) is 53.9 Å². The first-order valence-electron chi connectivity index (χ1n) is 11.5. The van der Waals surface area contributed by atoms with Gasteiger partial charge in [-0.05, 0) is 73.8 Å². The summed E-state index contributed by atoms with van der Waals surface area (Å²) in [5.41, 5.74) is 2.72. The Kier molecular flexibility index (Phi) is 6.00. The fourth-order valence-electron chi connectivity index (χ4n) is 5.06. The summed E-state index contributed by atoms with van der Waals surface area (Å²) in [6.45, 7) is 0.488. The standard InChI is InChI=1S/C25H26F3N3O2/c26-18-6-7-31(14-18)25(32)33-20-3-1-2-15(9-20)8-17-10-16(4-5-23(17)28)22-13-30-24-21(22)11-19(27)12-29-24/h4-5,10-13,15,18,20H,1-3,6-9,14H2,(H,29,30)/t15-,18-,20-/m1/s1. The zero-order chi connectivity index (χ0) is 22.9. The molecule has 0 bridgehead atoms. The van der Waals surface area contributed by atoms with Gasteiger partial charge >= 0.3 is 6.09 Å². The molecule has 1 aliphatic heterocycles. The predicted molar refractivity (Wildman–Crippen MR) is 118 cm³/mol. The van der Waals surface area contributed by atoms with Crippen LogP contribution in [0.5, 0.6) is 0 Å². The van der Waals surface area contributed by atoms with Gasteiger partial charge in [0.2, 0.25) is 0 Å². The van der Waals surface area contributed by atoms with Crippen molar-refractivity contribution in [2.45, 2.75) is 50.8 Å². The van der Waals surface area contributed by atoms with Crippen molar-refractivity contribution in [3.63, 3.8) is 0 Å². The van der Waals surface area contributed by atoms with Gasteiger partial charge in [-0.3, -0.25) is 0 Å². The first-order valence-corrected chi connectivity index (χ1v) is 11.5. The highest BCUT2D eigenvalue weighted by atomic mass is 19.1. The number of rotatable bonds is 4. The molecule has 2 aliphatic rings. The van der Waals surface area contributed by atoms with E-state index >= 15 is 0 Å². The third-order valence-electron chi connectivity index (χ3n) is 6.75. The average Bonchev–Trinajstić information content (AvgIpc) is 3.42. The third kappa shape index (κ3) is 4.70. The molecule has 3 atom stereocenters. The van der Waals surface area contributed by atoms with Crippen LogP contribution in [0.4, 0.5) is 18.0 Å². The number of likely N-dealkylation sites (tertiary alicyclic amines) is 1. The number of aromatic amines is 1. The van der Waals surface area contributed by atoms with Gasteiger partial charge < -0.3 is 14.6 Å². The van der Waals surface area contributed by atoms with Crippen LogP contribution in [0, 0.1) is 17.6 Å². The number of hydrogen-bond donors (Lipinski definition) is 1. The SMILES string of the molecule is O=C(O[C@@H]1CCC[C@H](Cc2cc(-c3c[nH]c4ncc(F)cc34)ccc2F)C1)N1CC[C@@H](F)C1. The molecule has 0 unspecified atom stereocenters. The molecule has 1 aliphatic carbocycles. The maximum atomic E-state index is 14.7. The number of carbonyl (C=O) groups excluding carboxylic acids is 1. The summed E-state index contributed by atoms with van der Waals surface area (Å²) in [5.74, 6) is -0.534. The number of ether oxygens (including phenoxy) is 1. The maximum absolute atomic E-state index is 14.7. The van der Waals surface area contributed by atoms with Crippen LogP contribution in [0.15, 0.2) is 36.7 Å². The lowest BCUT2D eigenvalue weighted by Crippen LogP contribution is -2.35. The zero-order valence-corrected chi connectivity index (χ0v) is 18.2. The van der Waals surface area contributed by atoms with Crippen LogP contribution in [0.2, 0.25) is 0 Å². The number of benzene rings is 1. The van der Waals surface area contributed by atoms with Gasteiger partial charge in [0.25, 0.3) is 0 Å². The van der Waals surface area contributed by atoms with Gasteiger partial charge in [0.1, 0.15) is 29.6 Å². The zero-order valence-electron chi connectivity index (χ0n) is 18.2. The van der Waals surface area contributed by atoms with Gasteiger partial charge in [0.15, 0.2) is 0 Å². The smallest absolute Gasteiger partial charge is 0.410 e. The summed E-state index contributed by atoms with van der Waals surface area (Å²) >= 11 is 0. The number of carbonyl (C=O) groups is 1.